The summed E-state index contributed by atoms with van der Waals surface area (Å²) in [5.74, 6) is -1.96. The quantitative estimate of drug-likeness (QED) is 0.247. The first kappa shape index (κ1) is 26.9. The van der Waals surface area contributed by atoms with E-state index in [4.69, 9.17) is 9.47 Å². The molecule has 2 N–H and O–H groups in total. The zero-order valence-electron chi connectivity index (χ0n) is 18.0. The fraction of sp³-hybridized carbons (Fsp3) is 0.909. The van der Waals surface area contributed by atoms with E-state index in [0.29, 0.717) is 12.8 Å². The van der Waals surface area contributed by atoms with Gasteiger partial charge >= 0.3 is 11.9 Å². The highest BCUT2D eigenvalue weighted by Gasteiger charge is 2.32. The van der Waals surface area contributed by atoms with Gasteiger partial charge in [0.15, 0.2) is 12.2 Å². The van der Waals surface area contributed by atoms with Gasteiger partial charge in [0.2, 0.25) is 0 Å². The molecule has 28 heavy (non-hydrogen) atoms. The van der Waals surface area contributed by atoms with E-state index in [1.54, 1.807) is 0 Å². The molecule has 0 spiro atoms. The molecule has 0 aromatic rings. The molecule has 0 aliphatic rings. The highest BCUT2D eigenvalue weighted by molar-refractivity contribution is 5.85. The van der Waals surface area contributed by atoms with Crippen molar-refractivity contribution in [2.75, 3.05) is 13.2 Å². The molecule has 166 valence electrons. The van der Waals surface area contributed by atoms with Gasteiger partial charge in [0.05, 0.1) is 13.2 Å². The summed E-state index contributed by atoms with van der Waals surface area (Å²) < 4.78 is 9.87. The van der Waals surface area contributed by atoms with Gasteiger partial charge in [-0.05, 0) is 12.8 Å². The maximum Gasteiger partial charge on any atom is 0.338 e. The fourth-order valence-corrected chi connectivity index (χ4v) is 2.89. The van der Waals surface area contributed by atoms with Gasteiger partial charge in [-0.2, -0.15) is 0 Å². The average Bonchev–Trinajstić information content (AvgIpc) is 2.70. The summed E-state index contributed by atoms with van der Waals surface area (Å²) in [6, 6.07) is 0. The molecule has 0 saturated carbocycles. The molecular weight excluding hydrogens is 360 g/mol. The second-order valence-corrected chi connectivity index (χ2v) is 7.47. The van der Waals surface area contributed by atoms with Crippen molar-refractivity contribution in [3.63, 3.8) is 0 Å². The van der Waals surface area contributed by atoms with Crippen LogP contribution in [-0.2, 0) is 19.1 Å². The van der Waals surface area contributed by atoms with E-state index < -0.39 is 24.1 Å². The van der Waals surface area contributed by atoms with Crippen molar-refractivity contribution in [2.45, 2.75) is 116 Å². The van der Waals surface area contributed by atoms with Crippen LogP contribution < -0.4 is 0 Å². The minimum Gasteiger partial charge on any atom is -0.464 e. The predicted molar refractivity (Wildman–Crippen MR) is 110 cm³/mol. The summed E-state index contributed by atoms with van der Waals surface area (Å²) in [6.45, 7) is 4.71. The minimum absolute atomic E-state index is 0.184. The number of aliphatic hydroxyl groups excluding tert-OH is 2. The Labute approximate surface area is 171 Å². The summed E-state index contributed by atoms with van der Waals surface area (Å²) in [5.41, 5.74) is 0. The van der Waals surface area contributed by atoms with Crippen LogP contribution >= 0.6 is 0 Å². The van der Waals surface area contributed by atoms with Crippen LogP contribution in [0.1, 0.15) is 104 Å². The molecule has 0 unspecified atom stereocenters. The van der Waals surface area contributed by atoms with Crippen LogP contribution in [0.5, 0.6) is 0 Å². The SMILES string of the molecule is CCCCCCCCCOC(=O)[C@H](O)[C@@H](O)C(=O)OCCCCCCCCC. The number of carbonyl (C=O) groups is 2. The van der Waals surface area contributed by atoms with Gasteiger partial charge < -0.3 is 19.7 Å². The molecule has 2 atom stereocenters. The van der Waals surface area contributed by atoms with Crippen LogP contribution in [0.25, 0.3) is 0 Å². The molecule has 0 amide bonds. The van der Waals surface area contributed by atoms with Crippen molar-refractivity contribution < 1.29 is 29.3 Å². The van der Waals surface area contributed by atoms with Crippen LogP contribution in [0.15, 0.2) is 0 Å². The van der Waals surface area contributed by atoms with Gasteiger partial charge in [-0.15, -0.1) is 0 Å². The minimum atomic E-state index is -1.90. The first-order valence-corrected chi connectivity index (χ1v) is 11.2. The van der Waals surface area contributed by atoms with Crippen molar-refractivity contribution >= 4 is 11.9 Å². The Bertz CT molecular complexity index is 349. The maximum absolute atomic E-state index is 11.7. The number of hydrogen-bond donors (Lipinski definition) is 2. The van der Waals surface area contributed by atoms with Crippen molar-refractivity contribution in [1.29, 1.82) is 0 Å². The van der Waals surface area contributed by atoms with Crippen molar-refractivity contribution in [3.05, 3.63) is 0 Å². The number of aliphatic hydroxyl groups is 2. The molecule has 0 rings (SSSR count). The molecule has 0 heterocycles. The zero-order chi connectivity index (χ0) is 21.0. The Morgan fingerprint density at radius 1 is 0.571 bits per heavy atom. The van der Waals surface area contributed by atoms with Crippen LogP contribution in [0.4, 0.5) is 0 Å². The lowest BCUT2D eigenvalue weighted by Crippen LogP contribution is -2.41. The zero-order valence-corrected chi connectivity index (χ0v) is 18.0. The number of unbranched alkanes of at least 4 members (excludes halogenated alkanes) is 12. The summed E-state index contributed by atoms with van der Waals surface area (Å²) in [7, 11) is 0. The van der Waals surface area contributed by atoms with Crippen LogP contribution in [0, 0.1) is 0 Å². The molecule has 0 aromatic carbocycles. The summed E-state index contributed by atoms with van der Waals surface area (Å²) in [6.07, 6.45) is 11.4. The van der Waals surface area contributed by atoms with Crippen molar-refractivity contribution in [2.24, 2.45) is 0 Å². The Hall–Kier alpha value is -1.14. The lowest BCUT2D eigenvalue weighted by Gasteiger charge is -2.16. The molecule has 0 aliphatic heterocycles. The normalized spacial score (nSPS) is 13.1. The molecular formula is C22H42O6. The topological polar surface area (TPSA) is 93.1 Å². The Morgan fingerprint density at radius 3 is 1.18 bits per heavy atom. The molecule has 0 saturated heterocycles. The Kier molecular flexibility index (Phi) is 18.4. The number of ether oxygens (including phenoxy) is 2. The van der Waals surface area contributed by atoms with E-state index >= 15 is 0 Å². The highest BCUT2D eigenvalue weighted by atomic mass is 16.6. The maximum atomic E-state index is 11.7. The Morgan fingerprint density at radius 2 is 0.857 bits per heavy atom. The van der Waals surface area contributed by atoms with E-state index in [-0.39, 0.29) is 13.2 Å². The number of rotatable bonds is 19. The number of hydrogen-bond acceptors (Lipinski definition) is 6. The standard InChI is InChI=1S/C22H42O6/c1-3-5-7-9-11-13-15-17-27-21(25)19(23)20(24)22(26)28-18-16-14-12-10-8-6-4-2/h19-20,23-24H,3-18H2,1-2H3/t19-,20-/m1/s1. The lowest BCUT2D eigenvalue weighted by molar-refractivity contribution is -0.173. The highest BCUT2D eigenvalue weighted by Crippen LogP contribution is 2.09. The third-order valence-corrected chi connectivity index (χ3v) is 4.77. The van der Waals surface area contributed by atoms with Crippen LogP contribution in [0.2, 0.25) is 0 Å². The molecule has 0 aromatic heterocycles. The molecule has 6 nitrogen and oxygen atoms in total. The Balaban J connectivity index is 3.73. The van der Waals surface area contributed by atoms with E-state index in [1.807, 2.05) is 0 Å². The molecule has 0 radical (unpaired) electrons. The third-order valence-electron chi connectivity index (χ3n) is 4.77. The average molecular weight is 403 g/mol. The second-order valence-electron chi connectivity index (χ2n) is 7.47. The summed E-state index contributed by atoms with van der Waals surface area (Å²) in [5, 5.41) is 19.5. The fourth-order valence-electron chi connectivity index (χ4n) is 2.89. The largest absolute Gasteiger partial charge is 0.464 e. The monoisotopic (exact) mass is 402 g/mol. The van der Waals surface area contributed by atoms with E-state index in [9.17, 15) is 19.8 Å². The summed E-state index contributed by atoms with van der Waals surface area (Å²) in [4.78, 5) is 23.4. The van der Waals surface area contributed by atoms with E-state index in [0.717, 1.165) is 25.7 Å². The third kappa shape index (κ3) is 14.9. The van der Waals surface area contributed by atoms with Crippen LogP contribution in [-0.4, -0.2) is 47.6 Å². The first-order chi connectivity index (χ1) is 13.5. The number of esters is 2. The molecule has 0 fully saturated rings. The molecule has 0 bridgehead atoms. The van der Waals surface area contributed by atoms with Gasteiger partial charge in [-0.3, -0.25) is 0 Å². The van der Waals surface area contributed by atoms with Crippen molar-refractivity contribution in [3.8, 4) is 0 Å². The lowest BCUT2D eigenvalue weighted by atomic mass is 10.1. The van der Waals surface area contributed by atoms with Gasteiger partial charge in [0, 0.05) is 0 Å². The smallest absolute Gasteiger partial charge is 0.338 e. The molecule has 0 aliphatic carbocycles. The van der Waals surface area contributed by atoms with Gasteiger partial charge in [-0.25, -0.2) is 9.59 Å². The predicted octanol–water partition coefficient (Wildman–Crippen LogP) is 4.30. The summed E-state index contributed by atoms with van der Waals surface area (Å²) >= 11 is 0. The van der Waals surface area contributed by atoms with Crippen molar-refractivity contribution in [1.82, 2.24) is 0 Å². The van der Waals surface area contributed by atoms with Gasteiger partial charge in [0.1, 0.15) is 0 Å². The van der Waals surface area contributed by atoms with Gasteiger partial charge in [0.25, 0.3) is 0 Å². The first-order valence-electron chi connectivity index (χ1n) is 11.2. The second kappa shape index (κ2) is 19.2. The molecule has 6 heteroatoms. The van der Waals surface area contributed by atoms with E-state index in [1.165, 1.54) is 51.4 Å². The number of carbonyl (C=O) groups excluding carboxylic acids is 2. The van der Waals surface area contributed by atoms with Crippen LogP contribution in [0.3, 0.4) is 0 Å². The van der Waals surface area contributed by atoms with Gasteiger partial charge in [-0.1, -0.05) is 90.9 Å². The van der Waals surface area contributed by atoms with E-state index in [2.05, 4.69) is 13.8 Å².